The van der Waals surface area contributed by atoms with E-state index in [1.54, 1.807) is 19.2 Å². The lowest BCUT2D eigenvalue weighted by Gasteiger charge is -2.29. The van der Waals surface area contributed by atoms with E-state index in [0.717, 1.165) is 11.1 Å². The number of rotatable bonds is 5. The van der Waals surface area contributed by atoms with E-state index in [1.807, 2.05) is 33.8 Å². The minimum Gasteiger partial charge on any atom is -0.480 e. The molecule has 0 heterocycles. The van der Waals surface area contributed by atoms with Gasteiger partial charge >= 0.3 is 5.97 Å². The van der Waals surface area contributed by atoms with Crippen LogP contribution in [-0.4, -0.2) is 35.0 Å². The molecular weight excluding hydrogens is 254 g/mol. The molecule has 4 nitrogen and oxygen atoms in total. The molecule has 4 heteroatoms. The average Bonchev–Trinajstić information content (AvgIpc) is 2.35. The molecule has 2 atom stereocenters. The van der Waals surface area contributed by atoms with E-state index in [2.05, 4.69) is 0 Å². The molecule has 0 unspecified atom stereocenters. The fourth-order valence-electron chi connectivity index (χ4n) is 2.44. The largest absolute Gasteiger partial charge is 0.480 e. The highest BCUT2D eigenvalue weighted by Crippen LogP contribution is 2.18. The molecule has 0 spiro atoms. The van der Waals surface area contributed by atoms with Crippen LogP contribution in [0.2, 0.25) is 0 Å². The summed E-state index contributed by atoms with van der Waals surface area (Å²) in [6.07, 6.45) is 0.710. The Morgan fingerprint density at radius 3 is 2.10 bits per heavy atom. The lowest BCUT2D eigenvalue weighted by Crippen LogP contribution is -2.46. The minimum atomic E-state index is -0.959. The number of amides is 1. The van der Waals surface area contributed by atoms with Gasteiger partial charge in [-0.1, -0.05) is 37.5 Å². The van der Waals surface area contributed by atoms with Gasteiger partial charge in [-0.05, 0) is 31.9 Å². The number of likely N-dealkylation sites (N-methyl/N-ethyl adjacent to an activating group) is 1. The molecule has 0 saturated heterocycles. The van der Waals surface area contributed by atoms with Crippen molar-refractivity contribution in [3.05, 3.63) is 34.9 Å². The zero-order chi connectivity index (χ0) is 15.4. The van der Waals surface area contributed by atoms with Crippen molar-refractivity contribution in [2.75, 3.05) is 7.05 Å². The van der Waals surface area contributed by atoms with Gasteiger partial charge in [-0.2, -0.15) is 0 Å². The third-order valence-corrected chi connectivity index (χ3v) is 3.64. The van der Waals surface area contributed by atoms with Crippen LogP contribution in [0.3, 0.4) is 0 Å². The second-order valence-corrected chi connectivity index (χ2v) is 5.46. The first-order chi connectivity index (χ1) is 9.27. The van der Waals surface area contributed by atoms with Crippen LogP contribution in [0, 0.1) is 19.8 Å². The molecule has 1 N–H and O–H groups in total. The van der Waals surface area contributed by atoms with Gasteiger partial charge in [-0.25, -0.2) is 4.79 Å². The summed E-state index contributed by atoms with van der Waals surface area (Å²) < 4.78 is 0. The molecular formula is C16H23NO3. The Morgan fingerprint density at radius 1 is 1.20 bits per heavy atom. The van der Waals surface area contributed by atoms with Gasteiger partial charge < -0.3 is 10.0 Å². The van der Waals surface area contributed by atoms with Gasteiger partial charge in [0.2, 0.25) is 0 Å². The van der Waals surface area contributed by atoms with Gasteiger partial charge in [0.25, 0.3) is 5.91 Å². The third kappa shape index (κ3) is 3.59. The zero-order valence-corrected chi connectivity index (χ0v) is 12.8. The van der Waals surface area contributed by atoms with Gasteiger partial charge in [0.05, 0.1) is 0 Å². The maximum Gasteiger partial charge on any atom is 0.326 e. The molecule has 0 aliphatic carbocycles. The summed E-state index contributed by atoms with van der Waals surface area (Å²) in [6.45, 7) is 7.63. The topological polar surface area (TPSA) is 57.6 Å². The number of carbonyl (C=O) groups is 2. The van der Waals surface area contributed by atoms with Crippen LogP contribution in [-0.2, 0) is 4.79 Å². The van der Waals surface area contributed by atoms with Gasteiger partial charge in [-0.3, -0.25) is 4.79 Å². The number of hydrogen-bond donors (Lipinski definition) is 1. The highest BCUT2D eigenvalue weighted by molar-refractivity contribution is 5.96. The molecule has 20 heavy (non-hydrogen) atoms. The van der Waals surface area contributed by atoms with Crippen molar-refractivity contribution in [2.24, 2.45) is 5.92 Å². The number of nitrogens with zero attached hydrogens (tertiary/aromatic N) is 1. The predicted octanol–water partition coefficient (Wildman–Crippen LogP) is 2.87. The van der Waals surface area contributed by atoms with E-state index in [0.29, 0.717) is 12.0 Å². The van der Waals surface area contributed by atoms with Crippen LogP contribution >= 0.6 is 0 Å². The molecule has 0 aromatic heterocycles. The highest BCUT2D eigenvalue weighted by atomic mass is 16.4. The van der Waals surface area contributed by atoms with E-state index < -0.39 is 12.0 Å². The van der Waals surface area contributed by atoms with Crippen LogP contribution in [0.15, 0.2) is 18.2 Å². The Bertz CT molecular complexity index is 490. The van der Waals surface area contributed by atoms with Crippen LogP contribution in [0.5, 0.6) is 0 Å². The molecule has 1 amide bonds. The maximum absolute atomic E-state index is 12.5. The summed E-state index contributed by atoms with van der Waals surface area (Å²) >= 11 is 0. The molecule has 0 aliphatic rings. The van der Waals surface area contributed by atoms with Crippen molar-refractivity contribution in [3.8, 4) is 0 Å². The molecule has 0 aliphatic heterocycles. The lowest BCUT2D eigenvalue weighted by molar-refractivity contribution is -0.143. The summed E-state index contributed by atoms with van der Waals surface area (Å²) in [5.41, 5.74) is 2.54. The molecule has 0 fully saturated rings. The van der Waals surface area contributed by atoms with Gasteiger partial charge in [0.15, 0.2) is 0 Å². The summed E-state index contributed by atoms with van der Waals surface area (Å²) in [5, 5.41) is 9.36. The molecule has 1 rings (SSSR count). The predicted molar refractivity (Wildman–Crippen MR) is 78.9 cm³/mol. The maximum atomic E-state index is 12.5. The number of carboxylic acid groups (broad SMARTS) is 1. The summed E-state index contributed by atoms with van der Waals surface area (Å²) in [4.78, 5) is 25.2. The minimum absolute atomic E-state index is 0.0904. The number of carbonyl (C=O) groups excluding carboxylic acids is 1. The van der Waals surface area contributed by atoms with Crippen LogP contribution < -0.4 is 0 Å². The SMILES string of the molecule is CC[C@H](C)[C@@H](C(=O)O)N(C)C(=O)c1cc(C)cc(C)c1. The van der Waals surface area contributed by atoms with Crippen molar-refractivity contribution >= 4 is 11.9 Å². The Morgan fingerprint density at radius 2 is 1.70 bits per heavy atom. The number of hydrogen-bond acceptors (Lipinski definition) is 2. The Labute approximate surface area is 120 Å². The number of aryl methyl sites for hydroxylation is 2. The number of aliphatic carboxylic acids is 1. The third-order valence-electron chi connectivity index (χ3n) is 3.64. The quantitative estimate of drug-likeness (QED) is 0.900. The number of benzene rings is 1. The summed E-state index contributed by atoms with van der Waals surface area (Å²) in [5.74, 6) is -1.29. The van der Waals surface area contributed by atoms with Gasteiger partial charge in [0, 0.05) is 12.6 Å². The van der Waals surface area contributed by atoms with E-state index in [-0.39, 0.29) is 11.8 Å². The van der Waals surface area contributed by atoms with Crippen molar-refractivity contribution in [2.45, 2.75) is 40.2 Å². The van der Waals surface area contributed by atoms with Crippen LogP contribution in [0.25, 0.3) is 0 Å². The normalized spacial score (nSPS) is 13.7. The van der Waals surface area contributed by atoms with E-state index in [4.69, 9.17) is 0 Å². The monoisotopic (exact) mass is 277 g/mol. The van der Waals surface area contributed by atoms with E-state index in [1.165, 1.54) is 4.90 Å². The molecule has 0 bridgehead atoms. The second-order valence-electron chi connectivity index (χ2n) is 5.46. The van der Waals surface area contributed by atoms with E-state index in [9.17, 15) is 14.7 Å². The lowest BCUT2D eigenvalue weighted by atomic mass is 9.97. The van der Waals surface area contributed by atoms with E-state index >= 15 is 0 Å². The van der Waals surface area contributed by atoms with Crippen molar-refractivity contribution < 1.29 is 14.7 Å². The van der Waals surface area contributed by atoms with Crippen molar-refractivity contribution in [1.29, 1.82) is 0 Å². The fraction of sp³-hybridized carbons (Fsp3) is 0.500. The molecule has 110 valence electrons. The average molecular weight is 277 g/mol. The first-order valence-corrected chi connectivity index (χ1v) is 6.86. The van der Waals surface area contributed by atoms with Crippen LogP contribution in [0.1, 0.15) is 41.8 Å². The molecule has 1 aromatic rings. The van der Waals surface area contributed by atoms with Gasteiger partial charge in [0.1, 0.15) is 6.04 Å². The number of carboxylic acids is 1. The van der Waals surface area contributed by atoms with Gasteiger partial charge in [-0.15, -0.1) is 0 Å². The summed E-state index contributed by atoms with van der Waals surface area (Å²) in [6, 6.07) is 4.77. The highest BCUT2D eigenvalue weighted by Gasteiger charge is 2.31. The van der Waals surface area contributed by atoms with Crippen molar-refractivity contribution in [3.63, 3.8) is 0 Å². The Balaban J connectivity index is 3.08. The second kappa shape index (κ2) is 6.55. The summed E-state index contributed by atoms with van der Waals surface area (Å²) in [7, 11) is 1.56. The first-order valence-electron chi connectivity index (χ1n) is 6.86. The fourth-order valence-corrected chi connectivity index (χ4v) is 2.44. The Kier molecular flexibility index (Phi) is 5.31. The standard InChI is InChI=1S/C16H23NO3/c1-6-12(4)14(16(19)20)17(5)15(18)13-8-10(2)7-11(3)9-13/h7-9,12,14H,6H2,1-5H3,(H,19,20)/t12-,14-/m0/s1. The molecule has 0 radical (unpaired) electrons. The van der Waals surface area contributed by atoms with Crippen molar-refractivity contribution in [1.82, 2.24) is 4.90 Å². The Hall–Kier alpha value is -1.84. The first kappa shape index (κ1) is 16.2. The smallest absolute Gasteiger partial charge is 0.326 e. The molecule has 0 saturated carbocycles. The molecule has 1 aromatic carbocycles. The van der Waals surface area contributed by atoms with Crippen LogP contribution in [0.4, 0.5) is 0 Å². The zero-order valence-electron chi connectivity index (χ0n) is 12.8.